The molecular formula is C18H28N4O4S. The molecule has 0 bridgehead atoms. The van der Waals surface area contributed by atoms with Gasteiger partial charge in [0.15, 0.2) is 0 Å². The topological polar surface area (TPSA) is 98.8 Å². The number of carbonyl (C=O) groups is 2. The number of carbonyl (C=O) groups excluding carboxylic acids is 2. The number of likely N-dealkylation sites (N-methyl/N-ethyl adjacent to an activating group) is 1. The second kappa shape index (κ2) is 9.82. The van der Waals surface area contributed by atoms with Crippen molar-refractivity contribution in [3.63, 3.8) is 0 Å². The van der Waals surface area contributed by atoms with E-state index in [9.17, 15) is 18.0 Å². The van der Waals surface area contributed by atoms with Crippen LogP contribution >= 0.6 is 0 Å². The fourth-order valence-electron chi connectivity index (χ4n) is 2.76. The van der Waals surface area contributed by atoms with Gasteiger partial charge in [-0.3, -0.25) is 9.59 Å². The number of amides is 2. The molecule has 0 aromatic heterocycles. The molecule has 8 nitrogen and oxygen atoms in total. The highest BCUT2D eigenvalue weighted by Gasteiger charge is 2.29. The van der Waals surface area contributed by atoms with Crippen molar-refractivity contribution in [3.05, 3.63) is 30.3 Å². The summed E-state index contributed by atoms with van der Waals surface area (Å²) in [7, 11) is -1.71. The number of hydrogen-bond donors (Lipinski definition) is 2. The van der Waals surface area contributed by atoms with Gasteiger partial charge in [0.05, 0.1) is 4.90 Å². The second-order valence-corrected chi connectivity index (χ2v) is 8.53. The minimum absolute atomic E-state index is 0.122. The number of sulfonamides is 1. The van der Waals surface area contributed by atoms with Gasteiger partial charge in [0.2, 0.25) is 21.8 Å². The van der Waals surface area contributed by atoms with Crippen LogP contribution in [0.25, 0.3) is 0 Å². The Labute approximate surface area is 161 Å². The molecule has 2 amide bonds. The number of piperazine rings is 1. The summed E-state index contributed by atoms with van der Waals surface area (Å²) in [5.74, 6) is -0.278. The molecule has 1 heterocycles. The third-order valence-electron chi connectivity index (χ3n) is 4.64. The molecule has 1 unspecified atom stereocenters. The molecule has 2 rings (SSSR count). The highest BCUT2D eigenvalue weighted by molar-refractivity contribution is 7.89. The van der Waals surface area contributed by atoms with E-state index in [0.29, 0.717) is 19.6 Å². The van der Waals surface area contributed by atoms with Crippen molar-refractivity contribution < 1.29 is 18.0 Å². The number of hydrogen-bond acceptors (Lipinski definition) is 5. The van der Waals surface area contributed by atoms with Crippen molar-refractivity contribution in [2.24, 2.45) is 0 Å². The van der Waals surface area contributed by atoms with Crippen molar-refractivity contribution in [2.45, 2.75) is 30.7 Å². The Bertz CT molecular complexity index is 731. The van der Waals surface area contributed by atoms with Gasteiger partial charge in [0, 0.05) is 51.6 Å². The lowest BCUT2D eigenvalue weighted by atomic mass is 10.2. The normalized spacial score (nSPS) is 16.7. The van der Waals surface area contributed by atoms with E-state index in [1.807, 2.05) is 14.0 Å². The Kier molecular flexibility index (Phi) is 7.76. The first-order valence-corrected chi connectivity index (χ1v) is 10.6. The maximum Gasteiger partial charge on any atom is 0.243 e. The third kappa shape index (κ3) is 6.02. The van der Waals surface area contributed by atoms with Crippen LogP contribution in [-0.2, 0) is 19.6 Å². The van der Waals surface area contributed by atoms with Crippen molar-refractivity contribution in [1.29, 1.82) is 0 Å². The van der Waals surface area contributed by atoms with Gasteiger partial charge >= 0.3 is 0 Å². The lowest BCUT2D eigenvalue weighted by Gasteiger charge is -2.34. The maximum atomic E-state index is 12.6. The Morgan fingerprint density at radius 1 is 1.07 bits per heavy atom. The number of benzene rings is 1. The smallest absolute Gasteiger partial charge is 0.243 e. The van der Waals surface area contributed by atoms with Crippen molar-refractivity contribution in [1.82, 2.24) is 19.8 Å². The minimum atomic E-state index is -3.53. The van der Waals surface area contributed by atoms with Crippen LogP contribution < -0.4 is 10.6 Å². The molecule has 0 radical (unpaired) electrons. The van der Waals surface area contributed by atoms with Crippen LogP contribution in [0.1, 0.15) is 19.8 Å². The summed E-state index contributed by atoms with van der Waals surface area (Å²) in [5.41, 5.74) is 0. The van der Waals surface area contributed by atoms with Crippen LogP contribution in [0, 0.1) is 0 Å². The van der Waals surface area contributed by atoms with Crippen molar-refractivity contribution in [2.75, 3.05) is 39.8 Å². The van der Waals surface area contributed by atoms with E-state index in [2.05, 4.69) is 10.6 Å². The van der Waals surface area contributed by atoms with Crippen LogP contribution in [0.15, 0.2) is 35.2 Å². The summed E-state index contributed by atoms with van der Waals surface area (Å²) in [5, 5.41) is 5.80. The predicted molar refractivity (Wildman–Crippen MR) is 103 cm³/mol. The fourth-order valence-corrected chi connectivity index (χ4v) is 4.20. The first kappa shape index (κ1) is 21.3. The molecule has 9 heteroatoms. The maximum absolute atomic E-state index is 12.6. The van der Waals surface area contributed by atoms with Gasteiger partial charge in [0.1, 0.15) is 0 Å². The monoisotopic (exact) mass is 396 g/mol. The summed E-state index contributed by atoms with van der Waals surface area (Å²) >= 11 is 0. The number of rotatable bonds is 8. The van der Waals surface area contributed by atoms with E-state index in [-0.39, 0.29) is 48.7 Å². The second-order valence-electron chi connectivity index (χ2n) is 6.59. The first-order valence-electron chi connectivity index (χ1n) is 9.11. The Morgan fingerprint density at radius 3 is 2.30 bits per heavy atom. The zero-order chi connectivity index (χ0) is 19.9. The molecule has 0 saturated carbocycles. The van der Waals surface area contributed by atoms with Crippen molar-refractivity contribution in [3.8, 4) is 0 Å². The predicted octanol–water partition coefficient (Wildman–Crippen LogP) is 0.0238. The zero-order valence-electron chi connectivity index (χ0n) is 15.8. The van der Waals surface area contributed by atoms with Gasteiger partial charge in [0.25, 0.3) is 0 Å². The standard InChI is InChI=1S/C18H28N4O4S/c1-15(19-2)14-20-17(23)8-9-18(24)21-10-12-22(13-11-21)27(25,26)16-6-4-3-5-7-16/h3-7,15,19H,8-14H2,1-2H3,(H,20,23). The van der Waals surface area contributed by atoms with Gasteiger partial charge in [-0.1, -0.05) is 18.2 Å². The average Bonchev–Trinajstić information content (AvgIpc) is 2.70. The quantitative estimate of drug-likeness (QED) is 0.646. The van der Waals surface area contributed by atoms with Gasteiger partial charge in [-0.05, 0) is 26.1 Å². The fraction of sp³-hybridized carbons (Fsp3) is 0.556. The summed E-state index contributed by atoms with van der Waals surface area (Å²) < 4.78 is 26.6. The first-order chi connectivity index (χ1) is 12.8. The van der Waals surface area contributed by atoms with Crippen LogP contribution in [-0.4, -0.2) is 75.3 Å². The molecule has 1 atom stereocenters. The Hall–Kier alpha value is -1.97. The number of nitrogens with one attached hydrogen (secondary N) is 2. The van der Waals surface area contributed by atoms with Crippen molar-refractivity contribution >= 4 is 21.8 Å². The third-order valence-corrected chi connectivity index (χ3v) is 6.55. The van der Waals surface area contributed by atoms with Crippen LogP contribution in [0.2, 0.25) is 0 Å². The molecule has 0 aliphatic carbocycles. The van der Waals surface area contributed by atoms with Gasteiger partial charge in [-0.25, -0.2) is 8.42 Å². The molecule has 1 fully saturated rings. The van der Waals surface area contributed by atoms with Gasteiger partial charge in [-0.2, -0.15) is 4.31 Å². The highest BCUT2D eigenvalue weighted by atomic mass is 32.2. The van der Waals surface area contributed by atoms with E-state index < -0.39 is 10.0 Å². The molecular weight excluding hydrogens is 368 g/mol. The van der Waals surface area contributed by atoms with Gasteiger partial charge < -0.3 is 15.5 Å². The van der Waals surface area contributed by atoms with E-state index in [0.717, 1.165) is 0 Å². The largest absolute Gasteiger partial charge is 0.355 e. The summed E-state index contributed by atoms with van der Waals surface area (Å²) in [6.45, 7) is 3.66. The average molecular weight is 397 g/mol. The molecule has 27 heavy (non-hydrogen) atoms. The van der Waals surface area contributed by atoms with E-state index in [1.54, 1.807) is 35.2 Å². The Balaban J connectivity index is 1.78. The SMILES string of the molecule is CNC(C)CNC(=O)CCC(=O)N1CCN(S(=O)(=O)c2ccccc2)CC1. The number of nitrogens with zero attached hydrogens (tertiary/aromatic N) is 2. The van der Waals surface area contributed by atoms with E-state index in [4.69, 9.17) is 0 Å². The lowest BCUT2D eigenvalue weighted by Crippen LogP contribution is -2.50. The molecule has 150 valence electrons. The summed E-state index contributed by atoms with van der Waals surface area (Å²) in [4.78, 5) is 26.0. The molecule has 1 aromatic rings. The molecule has 1 aromatic carbocycles. The lowest BCUT2D eigenvalue weighted by molar-refractivity contribution is -0.134. The van der Waals surface area contributed by atoms with Crippen LogP contribution in [0.4, 0.5) is 0 Å². The summed E-state index contributed by atoms with van der Waals surface area (Å²) in [6.07, 6.45) is 0.267. The molecule has 0 spiro atoms. The van der Waals surface area contributed by atoms with Gasteiger partial charge in [-0.15, -0.1) is 0 Å². The summed E-state index contributed by atoms with van der Waals surface area (Å²) in [6, 6.07) is 8.46. The molecule has 1 aliphatic heterocycles. The molecule has 1 aliphatic rings. The minimum Gasteiger partial charge on any atom is -0.355 e. The van der Waals surface area contributed by atoms with Crippen LogP contribution in [0.3, 0.4) is 0 Å². The highest BCUT2D eigenvalue weighted by Crippen LogP contribution is 2.17. The zero-order valence-corrected chi connectivity index (χ0v) is 16.7. The molecule has 1 saturated heterocycles. The van der Waals surface area contributed by atoms with E-state index in [1.165, 1.54) is 4.31 Å². The Morgan fingerprint density at radius 2 is 1.70 bits per heavy atom. The van der Waals surface area contributed by atoms with Crippen LogP contribution in [0.5, 0.6) is 0 Å². The molecule has 2 N–H and O–H groups in total. The van der Waals surface area contributed by atoms with E-state index >= 15 is 0 Å².